The lowest BCUT2D eigenvalue weighted by Crippen LogP contribution is -2.42. The molecule has 0 saturated carbocycles. The number of nitrogens with one attached hydrogen (secondary N) is 1. The van der Waals surface area contributed by atoms with E-state index in [1.807, 2.05) is 32.0 Å². The van der Waals surface area contributed by atoms with Crippen LogP contribution in [0.4, 0.5) is 28.4 Å². The van der Waals surface area contributed by atoms with E-state index in [2.05, 4.69) is 35.4 Å². The number of aryl methyl sites for hydroxylation is 3. The van der Waals surface area contributed by atoms with Gasteiger partial charge in [0.25, 0.3) is 17.7 Å². The van der Waals surface area contributed by atoms with Gasteiger partial charge >= 0.3 is 0 Å². The normalized spacial score (nSPS) is 14.5. The molecule has 0 fully saturated rings. The minimum absolute atomic E-state index is 0.0127. The number of carbonyl (C=O) groups is 5. The number of thioether (sulfide) groups is 1. The first-order chi connectivity index (χ1) is 36.5. The lowest BCUT2D eigenvalue weighted by atomic mass is 10.0. The Hall–Kier alpha value is -6.30. The van der Waals surface area contributed by atoms with Gasteiger partial charge in [0.1, 0.15) is 23.0 Å². The average Bonchev–Trinajstić information content (AvgIpc) is 3.96. The number of halogens is 6. The molecule has 77 heavy (non-hydrogen) atoms. The molecule has 0 saturated heterocycles. The number of phenols is 1. The van der Waals surface area contributed by atoms with Gasteiger partial charge in [0.2, 0.25) is 11.8 Å². The van der Waals surface area contributed by atoms with Gasteiger partial charge in [-0.3, -0.25) is 33.8 Å². The molecule has 2 heterocycles. The summed E-state index contributed by atoms with van der Waals surface area (Å²) in [5, 5.41) is 24.4. The fraction of sp³-hybridized carbons (Fsp3) is 0.232. The summed E-state index contributed by atoms with van der Waals surface area (Å²) in [5.74, 6) is -0.911. The highest BCUT2D eigenvalue weighted by Crippen LogP contribution is 2.44. The molecular formula is C56H51Cl6N7O7S. The zero-order valence-corrected chi connectivity index (χ0v) is 48.1. The van der Waals surface area contributed by atoms with Crippen LogP contribution < -0.4 is 29.9 Å². The number of phenolic OH excluding ortho intramolecular Hbond substituents is 1. The van der Waals surface area contributed by atoms with Crippen molar-refractivity contribution in [3.05, 3.63) is 162 Å². The van der Waals surface area contributed by atoms with Crippen molar-refractivity contribution in [1.82, 2.24) is 0 Å². The summed E-state index contributed by atoms with van der Waals surface area (Å²) in [6.45, 7) is 14.4. The van der Waals surface area contributed by atoms with Gasteiger partial charge in [0.05, 0.1) is 48.6 Å². The molecule has 5 amide bonds. The van der Waals surface area contributed by atoms with Crippen molar-refractivity contribution in [3.8, 4) is 11.5 Å². The topological polar surface area (TPSA) is 165 Å². The molecule has 2 aliphatic heterocycles. The number of hydrazone groups is 2. The van der Waals surface area contributed by atoms with E-state index >= 15 is 0 Å². The lowest BCUT2D eigenvalue weighted by Gasteiger charge is -2.26. The maximum atomic E-state index is 14.4. The van der Waals surface area contributed by atoms with Gasteiger partial charge in [-0.2, -0.15) is 15.1 Å². The largest absolute Gasteiger partial charge is 0.508 e. The highest BCUT2D eigenvalue weighted by atomic mass is 35.5. The number of benzene rings is 6. The van der Waals surface area contributed by atoms with Crippen molar-refractivity contribution >= 4 is 151 Å². The van der Waals surface area contributed by atoms with E-state index in [0.717, 1.165) is 26.6 Å². The number of para-hydroxylation sites is 1. The maximum Gasteiger partial charge on any atom is 0.268 e. The number of rotatable bonds is 12. The van der Waals surface area contributed by atoms with Crippen molar-refractivity contribution in [1.29, 1.82) is 0 Å². The number of hydrogen-bond acceptors (Lipinski definition) is 10. The van der Waals surface area contributed by atoms with Crippen LogP contribution >= 0.6 is 81.4 Å². The Labute approximate surface area is 480 Å². The number of aromatic hydroxyl groups is 1. The van der Waals surface area contributed by atoms with Gasteiger partial charge in [-0.05, 0) is 129 Å². The Balaban J connectivity index is 0.000000276. The summed E-state index contributed by atoms with van der Waals surface area (Å²) in [5.41, 5.74) is 5.22. The van der Waals surface area contributed by atoms with Crippen molar-refractivity contribution in [2.75, 3.05) is 25.1 Å². The van der Waals surface area contributed by atoms with E-state index in [4.69, 9.17) is 74.3 Å². The quantitative estimate of drug-likeness (QED) is 0.122. The Morgan fingerprint density at radius 3 is 2.06 bits per heavy atom. The fourth-order valence-corrected chi connectivity index (χ4v) is 11.1. The molecule has 8 rings (SSSR count). The zero-order chi connectivity index (χ0) is 56.2. The molecule has 0 aliphatic carbocycles. The van der Waals surface area contributed by atoms with Gasteiger partial charge in [0.15, 0.2) is 17.2 Å². The molecule has 0 aromatic heterocycles. The number of amides is 5. The second kappa shape index (κ2) is 25.0. The zero-order valence-electron chi connectivity index (χ0n) is 42.8. The third kappa shape index (κ3) is 13.3. The Morgan fingerprint density at radius 2 is 1.43 bits per heavy atom. The molecule has 21 heteroatoms. The predicted octanol–water partition coefficient (Wildman–Crippen LogP) is 14.8. The van der Waals surface area contributed by atoms with Crippen LogP contribution in [-0.2, 0) is 24.0 Å². The molecule has 0 spiro atoms. The maximum absolute atomic E-state index is 14.4. The number of nitrogens with zero attached hydrogens (tertiary/aromatic N) is 6. The van der Waals surface area contributed by atoms with Crippen LogP contribution in [-0.4, -0.2) is 57.7 Å². The molecule has 2 N–H and O–H groups in total. The van der Waals surface area contributed by atoms with E-state index in [0.29, 0.717) is 44.3 Å². The van der Waals surface area contributed by atoms with E-state index < -0.39 is 29.1 Å². The van der Waals surface area contributed by atoms with Gasteiger partial charge in [-0.15, -0.1) is 16.9 Å². The Kier molecular flexibility index (Phi) is 19.0. The van der Waals surface area contributed by atoms with Crippen LogP contribution in [0.3, 0.4) is 0 Å². The minimum Gasteiger partial charge on any atom is -0.508 e. The molecular weight excluding hydrogens is 1130 g/mol. The van der Waals surface area contributed by atoms with Crippen molar-refractivity contribution < 1.29 is 33.8 Å². The minimum atomic E-state index is -1.05. The molecule has 6 aromatic carbocycles. The second-order valence-electron chi connectivity index (χ2n) is 18.1. The number of amidine groups is 2. The first kappa shape index (κ1) is 58.4. The van der Waals surface area contributed by atoms with Crippen LogP contribution in [0.5, 0.6) is 11.5 Å². The molecule has 2 unspecified atom stereocenters. The number of carbonyl (C=O) groups excluding carboxylic acids is 5. The molecule has 0 bridgehead atoms. The summed E-state index contributed by atoms with van der Waals surface area (Å²) in [6, 6.07) is 30.5. The Bertz CT molecular complexity index is 3370. The second-order valence-corrected chi connectivity index (χ2v) is 21.7. The summed E-state index contributed by atoms with van der Waals surface area (Å²) in [7, 11) is 0. The third-order valence-corrected chi connectivity index (χ3v) is 15.0. The molecule has 0 radical (unpaired) electrons. The van der Waals surface area contributed by atoms with Crippen molar-refractivity contribution in [2.24, 2.45) is 10.2 Å². The number of ether oxygens (including phenoxy) is 1. The Morgan fingerprint density at radius 1 is 0.753 bits per heavy atom. The van der Waals surface area contributed by atoms with E-state index in [-0.39, 0.29) is 73.6 Å². The predicted molar refractivity (Wildman–Crippen MR) is 312 cm³/mol. The van der Waals surface area contributed by atoms with E-state index in [9.17, 15) is 29.1 Å². The molecule has 400 valence electrons. The molecule has 14 nitrogen and oxygen atoms in total. The van der Waals surface area contributed by atoms with Crippen LogP contribution in [0.1, 0.15) is 75.6 Å². The first-order valence-electron chi connectivity index (χ1n) is 23.9. The summed E-state index contributed by atoms with van der Waals surface area (Å²) < 4.78 is 5.79. The molecule has 6 aromatic rings. The SMILES string of the molecule is CC(=O)N(C1=NN(c2c(Cl)cc(Cl)cc2Cl)C(=O)C1Sc1ccc(C)cc1C(C)C)c1cc(NC(=O)C(C)Oc2ccc(O)c(C)c2)ccc1Cl.CCC(=O)N(C1=NN(c2ccccc2Cl)C(=O)C1)c1ccc(C)cc1Cl. The smallest absolute Gasteiger partial charge is 0.268 e. The summed E-state index contributed by atoms with van der Waals surface area (Å²) in [6.07, 6.45) is -0.688. The monoisotopic (exact) mass is 1180 g/mol. The first-order valence-corrected chi connectivity index (χ1v) is 27.1. The van der Waals surface area contributed by atoms with Crippen molar-refractivity contribution in [2.45, 2.75) is 90.4 Å². The van der Waals surface area contributed by atoms with E-state index in [1.165, 1.54) is 63.8 Å². The van der Waals surface area contributed by atoms with Gasteiger partial charge in [-0.25, -0.2) is 0 Å². The third-order valence-electron chi connectivity index (χ3n) is 11.9. The number of anilines is 5. The van der Waals surface area contributed by atoms with Crippen LogP contribution in [0.15, 0.2) is 124 Å². The average molecular weight is 1180 g/mol. The van der Waals surface area contributed by atoms with E-state index in [1.54, 1.807) is 75.4 Å². The van der Waals surface area contributed by atoms with Crippen LogP contribution in [0.2, 0.25) is 30.1 Å². The van der Waals surface area contributed by atoms with Crippen molar-refractivity contribution in [3.63, 3.8) is 0 Å². The number of hydrogen-bond donors (Lipinski definition) is 2. The van der Waals surface area contributed by atoms with Crippen LogP contribution in [0, 0.1) is 20.8 Å². The van der Waals surface area contributed by atoms with Crippen LogP contribution in [0.25, 0.3) is 0 Å². The molecule has 2 atom stereocenters. The highest BCUT2D eigenvalue weighted by Gasteiger charge is 2.44. The summed E-state index contributed by atoms with van der Waals surface area (Å²) >= 11 is 39.8. The summed E-state index contributed by atoms with van der Waals surface area (Å²) in [4.78, 5) is 69.7. The molecule has 2 aliphatic rings. The standard InChI is InChI=1S/C37H34Cl4N4O5S.C19H17Cl2N3O2/c1-18(2)26-13-19(3)7-12-32(26)51-34-35(43-45(37(34)49)33-28(40)15-23(38)16-29(33)41)44(22(6)46)30-17-24(8-10-27(30)39)42-36(48)21(5)50-25-9-11-31(47)20(4)14-25;1-3-18(25)23(15-9-8-12(2)10-14(15)21)17-11-19(26)24(22-17)16-7-5-4-6-13(16)20/h7-18,21,34,47H,1-6H3,(H,42,48);4-10H,3,11H2,1-2H3. The lowest BCUT2D eigenvalue weighted by molar-refractivity contribution is -0.122. The highest BCUT2D eigenvalue weighted by molar-refractivity contribution is 8.01. The van der Waals surface area contributed by atoms with Gasteiger partial charge in [0, 0.05) is 29.0 Å². The van der Waals surface area contributed by atoms with Gasteiger partial charge < -0.3 is 15.2 Å². The van der Waals surface area contributed by atoms with Gasteiger partial charge in [-0.1, -0.05) is 126 Å². The fourth-order valence-electron chi connectivity index (χ4n) is 8.08.